The number of hydrogen-bond donors (Lipinski definition) is 1. The van der Waals surface area contributed by atoms with Crippen LogP contribution in [0.2, 0.25) is 0 Å². The lowest BCUT2D eigenvalue weighted by atomic mass is 10.3. The zero-order valence-electron chi connectivity index (χ0n) is 10.3. The van der Waals surface area contributed by atoms with E-state index >= 15 is 0 Å². The molecule has 0 aliphatic carbocycles. The number of thiophene rings is 1. The number of amides is 1. The van der Waals surface area contributed by atoms with Crippen LogP contribution < -0.4 is 5.32 Å². The minimum Gasteiger partial charge on any atom is -0.372 e. The van der Waals surface area contributed by atoms with E-state index in [9.17, 15) is 4.79 Å². The summed E-state index contributed by atoms with van der Waals surface area (Å²) in [6.45, 7) is 0.581. The van der Waals surface area contributed by atoms with Gasteiger partial charge in [0.05, 0.1) is 0 Å². The molecule has 2 aromatic heterocycles. The summed E-state index contributed by atoms with van der Waals surface area (Å²) in [6, 6.07) is 5.41. The van der Waals surface area contributed by atoms with Gasteiger partial charge in [0.15, 0.2) is 5.69 Å². The van der Waals surface area contributed by atoms with Crippen molar-refractivity contribution in [1.82, 2.24) is 15.1 Å². The zero-order valence-corrected chi connectivity index (χ0v) is 11.1. The highest BCUT2D eigenvalue weighted by molar-refractivity contribution is 7.07. The van der Waals surface area contributed by atoms with Crippen molar-refractivity contribution in [3.05, 3.63) is 40.2 Å². The number of nitrogens with one attached hydrogen (secondary N) is 1. The van der Waals surface area contributed by atoms with Crippen molar-refractivity contribution in [1.29, 1.82) is 0 Å². The van der Waals surface area contributed by atoms with Crippen LogP contribution in [-0.2, 0) is 6.54 Å². The maximum Gasteiger partial charge on any atom is 0.274 e. The van der Waals surface area contributed by atoms with E-state index in [2.05, 4.69) is 15.5 Å². The minimum absolute atomic E-state index is 0.128. The summed E-state index contributed by atoms with van der Waals surface area (Å²) in [5.74, 6) is 0.517. The lowest BCUT2D eigenvalue weighted by Crippen LogP contribution is -2.27. The molecule has 0 saturated carbocycles. The molecule has 0 aliphatic rings. The Morgan fingerprint density at radius 1 is 1.39 bits per heavy atom. The molecular weight excluding hydrogens is 248 g/mol. The maximum absolute atomic E-state index is 12.1. The standard InChI is InChI=1S/C12H14N4OS/c1-13-11-4-3-10(14-15-11)12(17)16(2)7-9-5-6-18-8-9/h3-6,8H,7H2,1-2H3,(H,13,15). The van der Waals surface area contributed by atoms with Crippen molar-refractivity contribution in [2.75, 3.05) is 19.4 Å². The molecule has 0 atom stereocenters. The number of carbonyl (C=O) groups excluding carboxylic acids is 1. The number of rotatable bonds is 4. The van der Waals surface area contributed by atoms with Crippen molar-refractivity contribution < 1.29 is 4.79 Å². The highest BCUT2D eigenvalue weighted by atomic mass is 32.1. The third-order valence-corrected chi connectivity index (χ3v) is 3.22. The topological polar surface area (TPSA) is 58.1 Å². The summed E-state index contributed by atoms with van der Waals surface area (Å²) in [4.78, 5) is 13.7. The summed E-state index contributed by atoms with van der Waals surface area (Å²) in [5, 5.41) is 14.7. The molecule has 94 valence electrons. The number of carbonyl (C=O) groups is 1. The van der Waals surface area contributed by atoms with Gasteiger partial charge in [-0.05, 0) is 34.5 Å². The number of anilines is 1. The summed E-state index contributed by atoms with van der Waals surface area (Å²) in [5.41, 5.74) is 1.47. The monoisotopic (exact) mass is 262 g/mol. The van der Waals surface area contributed by atoms with Gasteiger partial charge in [-0.15, -0.1) is 10.2 Å². The van der Waals surface area contributed by atoms with Crippen LogP contribution in [0.15, 0.2) is 29.0 Å². The van der Waals surface area contributed by atoms with Gasteiger partial charge in [0.25, 0.3) is 5.91 Å². The van der Waals surface area contributed by atoms with Gasteiger partial charge in [0, 0.05) is 20.6 Å². The fourth-order valence-electron chi connectivity index (χ4n) is 1.50. The van der Waals surface area contributed by atoms with E-state index < -0.39 is 0 Å². The Labute approximate surface area is 109 Å². The fourth-order valence-corrected chi connectivity index (χ4v) is 2.16. The molecule has 5 nitrogen and oxygen atoms in total. The molecule has 1 N–H and O–H groups in total. The van der Waals surface area contributed by atoms with E-state index in [4.69, 9.17) is 0 Å². The first-order chi connectivity index (χ1) is 8.70. The first-order valence-corrected chi connectivity index (χ1v) is 6.43. The van der Waals surface area contributed by atoms with Gasteiger partial charge in [-0.3, -0.25) is 4.79 Å². The molecule has 18 heavy (non-hydrogen) atoms. The van der Waals surface area contributed by atoms with Gasteiger partial charge in [-0.2, -0.15) is 11.3 Å². The highest BCUT2D eigenvalue weighted by Gasteiger charge is 2.14. The molecule has 0 bridgehead atoms. The third-order valence-electron chi connectivity index (χ3n) is 2.49. The molecule has 6 heteroatoms. The van der Waals surface area contributed by atoms with E-state index in [1.165, 1.54) is 0 Å². The van der Waals surface area contributed by atoms with Crippen molar-refractivity contribution >= 4 is 23.1 Å². The summed E-state index contributed by atoms with van der Waals surface area (Å²) >= 11 is 1.62. The molecule has 0 aromatic carbocycles. The molecule has 2 aromatic rings. The molecule has 0 saturated heterocycles. The highest BCUT2D eigenvalue weighted by Crippen LogP contribution is 2.10. The predicted molar refractivity (Wildman–Crippen MR) is 71.7 cm³/mol. The smallest absolute Gasteiger partial charge is 0.274 e. The van der Waals surface area contributed by atoms with Crippen LogP contribution in [0.5, 0.6) is 0 Å². The Kier molecular flexibility index (Phi) is 3.88. The van der Waals surface area contributed by atoms with E-state index in [-0.39, 0.29) is 5.91 Å². The molecule has 0 unspecified atom stereocenters. The maximum atomic E-state index is 12.1. The Bertz CT molecular complexity index is 509. The van der Waals surface area contributed by atoms with Gasteiger partial charge in [-0.1, -0.05) is 0 Å². The number of aromatic nitrogens is 2. The van der Waals surface area contributed by atoms with E-state index in [0.29, 0.717) is 18.1 Å². The van der Waals surface area contributed by atoms with Crippen molar-refractivity contribution in [2.24, 2.45) is 0 Å². The van der Waals surface area contributed by atoms with Gasteiger partial charge in [0.1, 0.15) is 5.82 Å². The molecule has 0 radical (unpaired) electrons. The Morgan fingerprint density at radius 3 is 2.78 bits per heavy atom. The molecule has 2 heterocycles. The Hall–Kier alpha value is -1.95. The Balaban J connectivity index is 2.05. The summed E-state index contributed by atoms with van der Waals surface area (Å²) < 4.78 is 0. The average molecular weight is 262 g/mol. The molecule has 0 aliphatic heterocycles. The van der Waals surface area contributed by atoms with Crippen molar-refractivity contribution in [2.45, 2.75) is 6.54 Å². The van der Waals surface area contributed by atoms with Crippen LogP contribution in [-0.4, -0.2) is 35.1 Å². The quantitative estimate of drug-likeness (QED) is 0.913. The van der Waals surface area contributed by atoms with E-state index in [1.807, 2.05) is 16.8 Å². The van der Waals surface area contributed by atoms with Gasteiger partial charge >= 0.3 is 0 Å². The Morgan fingerprint density at radius 2 is 2.22 bits per heavy atom. The van der Waals surface area contributed by atoms with Crippen LogP contribution >= 0.6 is 11.3 Å². The average Bonchev–Trinajstić information content (AvgIpc) is 2.91. The summed E-state index contributed by atoms with van der Waals surface area (Å²) in [7, 11) is 3.52. The van der Waals surface area contributed by atoms with E-state index in [1.54, 1.807) is 42.5 Å². The molecule has 2 rings (SSSR count). The first kappa shape index (κ1) is 12.5. The summed E-state index contributed by atoms with van der Waals surface area (Å²) in [6.07, 6.45) is 0. The molecule has 1 amide bonds. The molecule has 0 spiro atoms. The lowest BCUT2D eigenvalue weighted by molar-refractivity contribution is 0.0778. The van der Waals surface area contributed by atoms with E-state index in [0.717, 1.165) is 5.56 Å². The second kappa shape index (κ2) is 5.59. The SMILES string of the molecule is CNc1ccc(C(=O)N(C)Cc2ccsc2)nn1. The normalized spacial score (nSPS) is 10.1. The molecular formula is C12H14N4OS. The van der Waals surface area contributed by atoms with Crippen LogP contribution in [0.1, 0.15) is 16.1 Å². The third kappa shape index (κ3) is 2.84. The second-order valence-corrected chi connectivity index (χ2v) is 4.63. The van der Waals surface area contributed by atoms with Gasteiger partial charge in [-0.25, -0.2) is 0 Å². The van der Waals surface area contributed by atoms with Crippen LogP contribution in [0.25, 0.3) is 0 Å². The zero-order chi connectivity index (χ0) is 13.0. The minimum atomic E-state index is -0.128. The van der Waals surface area contributed by atoms with Crippen LogP contribution in [0.3, 0.4) is 0 Å². The lowest BCUT2D eigenvalue weighted by Gasteiger charge is -2.15. The fraction of sp³-hybridized carbons (Fsp3) is 0.250. The predicted octanol–water partition coefficient (Wildman–Crippen LogP) is 1.85. The van der Waals surface area contributed by atoms with Crippen LogP contribution in [0.4, 0.5) is 5.82 Å². The van der Waals surface area contributed by atoms with Crippen molar-refractivity contribution in [3.63, 3.8) is 0 Å². The number of hydrogen-bond acceptors (Lipinski definition) is 5. The van der Waals surface area contributed by atoms with Gasteiger partial charge in [0.2, 0.25) is 0 Å². The second-order valence-electron chi connectivity index (χ2n) is 3.85. The van der Waals surface area contributed by atoms with Crippen LogP contribution in [0, 0.1) is 0 Å². The van der Waals surface area contributed by atoms with Gasteiger partial charge < -0.3 is 10.2 Å². The first-order valence-electron chi connectivity index (χ1n) is 5.48. The van der Waals surface area contributed by atoms with Crippen molar-refractivity contribution in [3.8, 4) is 0 Å². The molecule has 0 fully saturated rings. The number of nitrogens with zero attached hydrogens (tertiary/aromatic N) is 3. The largest absolute Gasteiger partial charge is 0.372 e.